The molecule has 0 saturated carbocycles. The van der Waals surface area contributed by atoms with Gasteiger partial charge in [0.1, 0.15) is 5.82 Å². The molecule has 1 N–H and O–H groups in total. The SMILES string of the molecule is CCOC(=O)C[C@H](CCCCCCCO)c1cnc(C)nc1. The predicted molar refractivity (Wildman–Crippen MR) is 85.5 cm³/mol. The molecule has 5 heteroatoms. The number of aliphatic hydroxyl groups is 1. The maximum Gasteiger partial charge on any atom is 0.306 e. The molecule has 0 aliphatic carbocycles. The van der Waals surface area contributed by atoms with Crippen LogP contribution in [0.3, 0.4) is 0 Å². The molecule has 0 amide bonds. The average Bonchev–Trinajstić information content (AvgIpc) is 2.50. The summed E-state index contributed by atoms with van der Waals surface area (Å²) in [6.45, 7) is 4.36. The first-order valence-corrected chi connectivity index (χ1v) is 8.22. The van der Waals surface area contributed by atoms with Crippen LogP contribution in [-0.4, -0.2) is 34.3 Å². The summed E-state index contributed by atoms with van der Waals surface area (Å²) in [4.78, 5) is 20.2. The standard InChI is InChI=1S/C17H28N2O3/c1-3-22-17(21)11-15(9-7-5-4-6-8-10-20)16-12-18-14(2)19-13-16/h12-13,15,20H,3-11H2,1-2H3/t15-/m0/s1. The number of aliphatic hydroxyl groups excluding tert-OH is 1. The van der Waals surface area contributed by atoms with Crippen LogP contribution >= 0.6 is 0 Å². The minimum absolute atomic E-state index is 0.123. The number of unbranched alkanes of at least 4 members (excludes halogenated alkanes) is 4. The summed E-state index contributed by atoms with van der Waals surface area (Å²) in [5.74, 6) is 0.702. The number of rotatable bonds is 11. The summed E-state index contributed by atoms with van der Waals surface area (Å²) in [6.07, 6.45) is 10.2. The van der Waals surface area contributed by atoms with E-state index in [1.54, 1.807) is 0 Å². The molecule has 0 aliphatic rings. The highest BCUT2D eigenvalue weighted by atomic mass is 16.5. The molecule has 0 radical (unpaired) electrons. The summed E-state index contributed by atoms with van der Waals surface area (Å²) >= 11 is 0. The van der Waals surface area contributed by atoms with Gasteiger partial charge in [0.05, 0.1) is 13.0 Å². The Balaban J connectivity index is 2.50. The van der Waals surface area contributed by atoms with Crippen LogP contribution in [0.5, 0.6) is 0 Å². The number of esters is 1. The van der Waals surface area contributed by atoms with E-state index in [0.717, 1.165) is 49.9 Å². The van der Waals surface area contributed by atoms with Crippen molar-refractivity contribution < 1.29 is 14.6 Å². The smallest absolute Gasteiger partial charge is 0.306 e. The van der Waals surface area contributed by atoms with Gasteiger partial charge in [-0.1, -0.05) is 25.7 Å². The predicted octanol–water partition coefficient (Wildman–Crippen LogP) is 3.15. The number of hydrogen-bond donors (Lipinski definition) is 1. The largest absolute Gasteiger partial charge is 0.466 e. The zero-order chi connectivity index (χ0) is 16.2. The Morgan fingerprint density at radius 1 is 1.18 bits per heavy atom. The quantitative estimate of drug-likeness (QED) is 0.502. The lowest BCUT2D eigenvalue weighted by molar-refractivity contribution is -0.143. The number of ether oxygens (including phenoxy) is 1. The number of aromatic nitrogens is 2. The molecule has 0 bridgehead atoms. The van der Waals surface area contributed by atoms with Gasteiger partial charge >= 0.3 is 5.97 Å². The van der Waals surface area contributed by atoms with Crippen LogP contribution in [0, 0.1) is 6.92 Å². The molecular formula is C17H28N2O3. The molecule has 0 aromatic carbocycles. The van der Waals surface area contributed by atoms with Gasteiger partial charge in [0.2, 0.25) is 0 Å². The van der Waals surface area contributed by atoms with Crippen molar-refractivity contribution in [3.8, 4) is 0 Å². The Hall–Kier alpha value is -1.49. The topological polar surface area (TPSA) is 72.3 Å². The van der Waals surface area contributed by atoms with Crippen molar-refractivity contribution in [2.45, 2.75) is 64.7 Å². The van der Waals surface area contributed by atoms with Gasteiger partial charge in [-0.15, -0.1) is 0 Å². The number of carbonyl (C=O) groups excluding carboxylic acids is 1. The number of hydrogen-bond acceptors (Lipinski definition) is 5. The number of carbonyl (C=O) groups is 1. The first-order chi connectivity index (χ1) is 10.7. The minimum atomic E-state index is -0.159. The second kappa shape index (κ2) is 11.1. The molecule has 1 rings (SSSR count). The summed E-state index contributed by atoms with van der Waals surface area (Å²) in [7, 11) is 0. The normalized spacial score (nSPS) is 12.1. The Kier molecular flexibility index (Phi) is 9.39. The van der Waals surface area contributed by atoms with Gasteiger partial charge in [0.15, 0.2) is 0 Å². The molecule has 0 fully saturated rings. The monoisotopic (exact) mass is 308 g/mol. The van der Waals surface area contributed by atoms with Gasteiger partial charge in [0.25, 0.3) is 0 Å². The van der Waals surface area contributed by atoms with E-state index in [2.05, 4.69) is 9.97 Å². The molecule has 1 heterocycles. The Bertz CT molecular complexity index is 420. The molecule has 1 aromatic rings. The Morgan fingerprint density at radius 2 is 1.82 bits per heavy atom. The van der Waals surface area contributed by atoms with Gasteiger partial charge in [-0.25, -0.2) is 9.97 Å². The van der Waals surface area contributed by atoms with E-state index in [0.29, 0.717) is 13.0 Å². The fourth-order valence-electron chi connectivity index (χ4n) is 2.45. The van der Waals surface area contributed by atoms with Crippen LogP contribution in [0.4, 0.5) is 0 Å². The van der Waals surface area contributed by atoms with E-state index in [9.17, 15) is 4.79 Å². The van der Waals surface area contributed by atoms with Crippen LogP contribution in [0.2, 0.25) is 0 Å². The molecule has 1 atom stereocenters. The molecule has 1 aromatic heterocycles. The van der Waals surface area contributed by atoms with Gasteiger partial charge in [0, 0.05) is 19.0 Å². The van der Waals surface area contributed by atoms with E-state index in [1.165, 1.54) is 0 Å². The van der Waals surface area contributed by atoms with Crippen LogP contribution in [0.15, 0.2) is 12.4 Å². The van der Waals surface area contributed by atoms with Crippen LogP contribution in [0.25, 0.3) is 0 Å². The van der Waals surface area contributed by atoms with Crippen molar-refractivity contribution in [1.29, 1.82) is 0 Å². The summed E-state index contributed by atoms with van der Waals surface area (Å²) in [5.41, 5.74) is 1.01. The first kappa shape index (κ1) is 18.6. The Labute approximate surface area is 133 Å². The molecule has 0 unspecified atom stereocenters. The van der Waals surface area contributed by atoms with E-state index in [4.69, 9.17) is 9.84 Å². The van der Waals surface area contributed by atoms with Crippen molar-refractivity contribution >= 4 is 5.97 Å². The van der Waals surface area contributed by atoms with Crippen LogP contribution in [-0.2, 0) is 9.53 Å². The highest BCUT2D eigenvalue weighted by molar-refractivity contribution is 5.70. The van der Waals surface area contributed by atoms with Crippen LogP contribution in [0.1, 0.15) is 69.2 Å². The highest BCUT2D eigenvalue weighted by Crippen LogP contribution is 2.26. The molecule has 124 valence electrons. The molecule has 0 aliphatic heterocycles. The first-order valence-electron chi connectivity index (χ1n) is 8.22. The summed E-state index contributed by atoms with van der Waals surface area (Å²) < 4.78 is 5.07. The third-order valence-electron chi connectivity index (χ3n) is 3.70. The van der Waals surface area contributed by atoms with E-state index >= 15 is 0 Å². The molecule has 22 heavy (non-hydrogen) atoms. The molecule has 5 nitrogen and oxygen atoms in total. The lowest BCUT2D eigenvalue weighted by Gasteiger charge is -2.16. The third kappa shape index (κ3) is 7.50. The minimum Gasteiger partial charge on any atom is -0.466 e. The van der Waals surface area contributed by atoms with Crippen molar-refractivity contribution in [2.75, 3.05) is 13.2 Å². The van der Waals surface area contributed by atoms with E-state index in [1.807, 2.05) is 26.2 Å². The zero-order valence-electron chi connectivity index (χ0n) is 13.8. The van der Waals surface area contributed by atoms with Crippen LogP contribution < -0.4 is 0 Å². The maximum atomic E-state index is 11.8. The van der Waals surface area contributed by atoms with Gasteiger partial charge < -0.3 is 9.84 Å². The second-order valence-electron chi connectivity index (χ2n) is 5.55. The second-order valence-corrected chi connectivity index (χ2v) is 5.55. The number of nitrogens with zero attached hydrogens (tertiary/aromatic N) is 2. The lowest BCUT2D eigenvalue weighted by atomic mass is 9.92. The van der Waals surface area contributed by atoms with Crippen molar-refractivity contribution in [1.82, 2.24) is 9.97 Å². The van der Waals surface area contributed by atoms with Crippen molar-refractivity contribution in [3.63, 3.8) is 0 Å². The molecule has 0 spiro atoms. The average molecular weight is 308 g/mol. The Morgan fingerprint density at radius 3 is 2.45 bits per heavy atom. The third-order valence-corrected chi connectivity index (χ3v) is 3.70. The lowest BCUT2D eigenvalue weighted by Crippen LogP contribution is -2.11. The highest BCUT2D eigenvalue weighted by Gasteiger charge is 2.17. The van der Waals surface area contributed by atoms with Crippen molar-refractivity contribution in [3.05, 3.63) is 23.8 Å². The summed E-state index contributed by atoms with van der Waals surface area (Å²) in [5, 5.41) is 8.77. The molecular weight excluding hydrogens is 280 g/mol. The van der Waals surface area contributed by atoms with E-state index in [-0.39, 0.29) is 18.5 Å². The maximum absolute atomic E-state index is 11.8. The van der Waals surface area contributed by atoms with E-state index < -0.39 is 0 Å². The van der Waals surface area contributed by atoms with Crippen molar-refractivity contribution in [2.24, 2.45) is 0 Å². The fourth-order valence-corrected chi connectivity index (χ4v) is 2.45. The number of aryl methyl sites for hydroxylation is 1. The van der Waals surface area contributed by atoms with Gasteiger partial charge in [-0.05, 0) is 38.2 Å². The summed E-state index contributed by atoms with van der Waals surface area (Å²) in [6, 6.07) is 0. The fraction of sp³-hybridized carbons (Fsp3) is 0.706. The molecule has 0 saturated heterocycles. The van der Waals surface area contributed by atoms with Gasteiger partial charge in [-0.3, -0.25) is 4.79 Å². The van der Waals surface area contributed by atoms with Gasteiger partial charge in [-0.2, -0.15) is 0 Å². The zero-order valence-corrected chi connectivity index (χ0v) is 13.8.